The van der Waals surface area contributed by atoms with Gasteiger partial charge in [0.25, 0.3) is 0 Å². The molecule has 8 heteroatoms. The highest BCUT2D eigenvalue weighted by Crippen LogP contribution is 2.16. The van der Waals surface area contributed by atoms with Gasteiger partial charge in [0.1, 0.15) is 6.04 Å². The van der Waals surface area contributed by atoms with Gasteiger partial charge in [-0.25, -0.2) is 8.42 Å². The zero-order valence-corrected chi connectivity index (χ0v) is 17.7. The Hall–Kier alpha value is -1.74. The van der Waals surface area contributed by atoms with Gasteiger partial charge in [0.05, 0.1) is 11.0 Å². The number of carbonyl (C=O) groups is 1. The molecule has 0 aliphatic carbocycles. The summed E-state index contributed by atoms with van der Waals surface area (Å²) in [4.78, 5) is 12.9. The van der Waals surface area contributed by atoms with Gasteiger partial charge in [-0.2, -0.15) is 4.72 Å². The summed E-state index contributed by atoms with van der Waals surface area (Å²) < 4.78 is 34.4. The van der Waals surface area contributed by atoms with Gasteiger partial charge in [0.15, 0.2) is 0 Å². The molecule has 1 fully saturated rings. The molecule has 1 saturated heterocycles. The Kier molecular flexibility index (Phi) is 7.23. The first-order chi connectivity index (χ1) is 13.4. The maximum absolute atomic E-state index is 12.8. The second-order valence-corrected chi connectivity index (χ2v) is 9.33. The topological polar surface area (TPSA) is 84.5 Å². The zero-order chi connectivity index (χ0) is 20.0. The molecule has 28 heavy (non-hydrogen) atoms. The summed E-state index contributed by atoms with van der Waals surface area (Å²) in [6.07, 6.45) is 2.12. The van der Waals surface area contributed by atoms with Crippen molar-refractivity contribution in [2.75, 3.05) is 13.2 Å². The van der Waals surface area contributed by atoms with Crippen LogP contribution in [0.1, 0.15) is 18.4 Å². The lowest BCUT2D eigenvalue weighted by Gasteiger charge is -2.20. The first-order valence-electron chi connectivity index (χ1n) is 9.15. The fourth-order valence-corrected chi connectivity index (χ4v) is 4.51. The Morgan fingerprint density at radius 3 is 2.50 bits per heavy atom. The maximum atomic E-state index is 12.8. The number of rotatable bonds is 8. The van der Waals surface area contributed by atoms with E-state index < -0.39 is 16.1 Å². The standard InChI is InChI=1S/C20H23BrN2O4S/c21-16-8-10-18(11-9-16)28(25,26)23-19(13-15-5-2-1-3-6-15)20(24)22-14-17-7-4-12-27-17/h1-3,5-6,8-11,17,19,23H,4,7,12-14H2,(H,22,24)/t17-,19-/m0/s1. The molecule has 1 aliphatic rings. The van der Waals surface area contributed by atoms with Gasteiger partial charge in [-0.1, -0.05) is 46.3 Å². The van der Waals surface area contributed by atoms with Crippen LogP contribution in [0.15, 0.2) is 64.0 Å². The average molecular weight is 467 g/mol. The lowest BCUT2D eigenvalue weighted by molar-refractivity contribution is -0.123. The van der Waals surface area contributed by atoms with Crippen molar-refractivity contribution in [2.45, 2.75) is 36.3 Å². The van der Waals surface area contributed by atoms with E-state index in [4.69, 9.17) is 4.74 Å². The first-order valence-corrected chi connectivity index (χ1v) is 11.4. The van der Waals surface area contributed by atoms with E-state index in [2.05, 4.69) is 26.0 Å². The van der Waals surface area contributed by atoms with E-state index in [1.165, 1.54) is 12.1 Å². The molecule has 1 amide bonds. The molecule has 6 nitrogen and oxygen atoms in total. The number of hydrogen-bond acceptors (Lipinski definition) is 4. The number of hydrogen-bond donors (Lipinski definition) is 2. The number of halogens is 1. The van der Waals surface area contributed by atoms with Crippen LogP contribution in [0.25, 0.3) is 0 Å². The molecule has 0 radical (unpaired) electrons. The van der Waals surface area contributed by atoms with Crippen LogP contribution in [-0.4, -0.2) is 39.6 Å². The normalized spacial score (nSPS) is 18.0. The summed E-state index contributed by atoms with van der Waals surface area (Å²) in [5, 5.41) is 2.83. The molecule has 0 spiro atoms. The lowest BCUT2D eigenvalue weighted by Crippen LogP contribution is -2.49. The third-order valence-electron chi connectivity index (χ3n) is 4.55. The number of benzene rings is 2. The van der Waals surface area contributed by atoms with Crippen molar-refractivity contribution in [3.63, 3.8) is 0 Å². The summed E-state index contributed by atoms with van der Waals surface area (Å²) in [5.74, 6) is -0.361. The first kappa shape index (κ1) is 21.0. The van der Waals surface area contributed by atoms with Crippen molar-refractivity contribution in [3.8, 4) is 0 Å². The maximum Gasteiger partial charge on any atom is 0.241 e. The van der Waals surface area contributed by atoms with Crippen LogP contribution in [0, 0.1) is 0 Å². The summed E-state index contributed by atoms with van der Waals surface area (Å²) in [6.45, 7) is 1.08. The minimum Gasteiger partial charge on any atom is -0.376 e. The average Bonchev–Trinajstić information content (AvgIpc) is 3.20. The second kappa shape index (κ2) is 9.65. The van der Waals surface area contributed by atoms with Gasteiger partial charge in [0.2, 0.25) is 15.9 Å². The molecule has 0 saturated carbocycles. The van der Waals surface area contributed by atoms with Gasteiger partial charge in [0, 0.05) is 17.6 Å². The summed E-state index contributed by atoms with van der Waals surface area (Å²) in [5.41, 5.74) is 0.873. The Morgan fingerprint density at radius 2 is 1.86 bits per heavy atom. The van der Waals surface area contributed by atoms with Crippen LogP contribution in [0.4, 0.5) is 0 Å². The highest BCUT2D eigenvalue weighted by atomic mass is 79.9. The van der Waals surface area contributed by atoms with Crippen molar-refractivity contribution in [1.29, 1.82) is 0 Å². The number of carbonyl (C=O) groups excluding carboxylic acids is 1. The Morgan fingerprint density at radius 1 is 1.14 bits per heavy atom. The van der Waals surface area contributed by atoms with E-state index in [9.17, 15) is 13.2 Å². The fraction of sp³-hybridized carbons (Fsp3) is 0.350. The van der Waals surface area contributed by atoms with Crippen molar-refractivity contribution >= 4 is 31.9 Å². The molecule has 2 N–H and O–H groups in total. The molecule has 2 aromatic carbocycles. The van der Waals surface area contributed by atoms with E-state index in [1.54, 1.807) is 12.1 Å². The number of nitrogens with one attached hydrogen (secondary N) is 2. The van der Waals surface area contributed by atoms with E-state index in [1.807, 2.05) is 30.3 Å². The SMILES string of the molecule is O=C(NC[C@@H]1CCCO1)[C@H](Cc1ccccc1)NS(=O)(=O)c1ccc(Br)cc1. The van der Waals surface area contributed by atoms with E-state index in [0.29, 0.717) is 13.2 Å². The zero-order valence-electron chi connectivity index (χ0n) is 15.3. The molecule has 1 aliphatic heterocycles. The third kappa shape index (κ3) is 5.88. The van der Waals surface area contributed by atoms with Crippen molar-refractivity contribution < 1.29 is 17.9 Å². The van der Waals surface area contributed by atoms with Gasteiger partial charge in [-0.05, 0) is 49.1 Å². The molecule has 2 aromatic rings. The number of ether oxygens (including phenoxy) is 1. The highest BCUT2D eigenvalue weighted by Gasteiger charge is 2.27. The van der Waals surface area contributed by atoms with Crippen LogP contribution in [0.3, 0.4) is 0 Å². The van der Waals surface area contributed by atoms with Crippen LogP contribution < -0.4 is 10.0 Å². The monoisotopic (exact) mass is 466 g/mol. The summed E-state index contributed by atoms with van der Waals surface area (Å²) >= 11 is 3.29. The van der Waals surface area contributed by atoms with Crippen LogP contribution in [0.5, 0.6) is 0 Å². The smallest absolute Gasteiger partial charge is 0.241 e. The molecule has 0 bridgehead atoms. The Bertz CT molecular complexity index is 882. The fourth-order valence-electron chi connectivity index (χ4n) is 3.05. The largest absolute Gasteiger partial charge is 0.376 e. The van der Waals surface area contributed by atoms with Gasteiger partial charge < -0.3 is 10.1 Å². The third-order valence-corrected chi connectivity index (χ3v) is 6.56. The van der Waals surface area contributed by atoms with Crippen LogP contribution in [-0.2, 0) is 26.0 Å². The van der Waals surface area contributed by atoms with E-state index >= 15 is 0 Å². The molecule has 0 unspecified atom stereocenters. The number of sulfonamides is 1. The number of amides is 1. The van der Waals surface area contributed by atoms with Crippen molar-refractivity contribution in [2.24, 2.45) is 0 Å². The summed E-state index contributed by atoms with van der Waals surface area (Å²) in [7, 11) is -3.84. The highest BCUT2D eigenvalue weighted by molar-refractivity contribution is 9.10. The van der Waals surface area contributed by atoms with Gasteiger partial charge >= 0.3 is 0 Å². The molecular formula is C20H23BrN2O4S. The molecule has 150 valence electrons. The van der Waals surface area contributed by atoms with Crippen molar-refractivity contribution in [1.82, 2.24) is 10.0 Å². The molecule has 3 rings (SSSR count). The second-order valence-electron chi connectivity index (χ2n) is 6.70. The molecular weight excluding hydrogens is 444 g/mol. The Balaban J connectivity index is 1.74. The van der Waals surface area contributed by atoms with Crippen molar-refractivity contribution in [3.05, 3.63) is 64.6 Å². The predicted molar refractivity (Wildman–Crippen MR) is 110 cm³/mol. The van der Waals surface area contributed by atoms with Gasteiger partial charge in [-0.15, -0.1) is 0 Å². The lowest BCUT2D eigenvalue weighted by atomic mass is 10.1. The Labute approximate surface area is 173 Å². The van der Waals surface area contributed by atoms with E-state index in [-0.39, 0.29) is 23.3 Å². The predicted octanol–water partition coefficient (Wildman–Crippen LogP) is 2.63. The van der Waals surface area contributed by atoms with E-state index in [0.717, 1.165) is 22.9 Å². The van der Waals surface area contributed by atoms with Crippen LogP contribution >= 0.6 is 15.9 Å². The minimum absolute atomic E-state index is 0.00981. The molecule has 1 heterocycles. The quantitative estimate of drug-likeness (QED) is 0.626. The van der Waals surface area contributed by atoms with Gasteiger partial charge in [-0.3, -0.25) is 4.79 Å². The molecule has 0 aromatic heterocycles. The minimum atomic E-state index is -3.84. The molecule has 2 atom stereocenters. The summed E-state index contributed by atoms with van der Waals surface area (Å²) in [6, 6.07) is 14.7. The van der Waals surface area contributed by atoms with Crippen LogP contribution in [0.2, 0.25) is 0 Å².